The van der Waals surface area contributed by atoms with E-state index in [1.165, 1.54) is 0 Å². The highest BCUT2D eigenvalue weighted by atomic mass is 16.3. The molecule has 2 N–H and O–H groups in total. The lowest BCUT2D eigenvalue weighted by Crippen LogP contribution is -2.42. The highest BCUT2D eigenvalue weighted by molar-refractivity contribution is 5.00. The van der Waals surface area contributed by atoms with Crippen LogP contribution >= 0.6 is 0 Å². The smallest absolute Gasteiger partial charge is 0.0587 e. The van der Waals surface area contributed by atoms with Crippen LogP contribution in [0.4, 0.5) is 0 Å². The van der Waals surface area contributed by atoms with Gasteiger partial charge in [0.05, 0.1) is 6.10 Å². The van der Waals surface area contributed by atoms with Crippen LogP contribution in [0.2, 0.25) is 0 Å². The van der Waals surface area contributed by atoms with Gasteiger partial charge >= 0.3 is 0 Å². The SMILES string of the molecule is CC1NCC2C(O)CC12. The Kier molecular flexibility index (Phi) is 1.08. The molecular weight excluding hydrogens is 114 g/mol. The third-order valence-electron chi connectivity index (χ3n) is 2.88. The molecule has 2 rings (SSSR count). The molecule has 1 saturated heterocycles. The van der Waals surface area contributed by atoms with Crippen LogP contribution in [0.3, 0.4) is 0 Å². The molecule has 0 amide bonds. The lowest BCUT2D eigenvalue weighted by atomic mass is 9.71. The highest BCUT2D eigenvalue weighted by Gasteiger charge is 2.46. The average Bonchev–Trinajstić information content (AvgIpc) is 2.07. The maximum absolute atomic E-state index is 9.20. The lowest BCUT2D eigenvalue weighted by Gasteiger charge is -2.37. The molecule has 4 atom stereocenters. The van der Waals surface area contributed by atoms with Gasteiger partial charge in [-0.2, -0.15) is 0 Å². The van der Waals surface area contributed by atoms with E-state index in [4.69, 9.17) is 0 Å². The summed E-state index contributed by atoms with van der Waals surface area (Å²) in [6, 6.07) is 0.651. The van der Waals surface area contributed by atoms with Crippen LogP contribution in [-0.4, -0.2) is 23.8 Å². The van der Waals surface area contributed by atoms with E-state index in [9.17, 15) is 5.11 Å². The van der Waals surface area contributed by atoms with Crippen molar-refractivity contribution >= 4 is 0 Å². The van der Waals surface area contributed by atoms with Gasteiger partial charge in [0.2, 0.25) is 0 Å². The van der Waals surface area contributed by atoms with Gasteiger partial charge in [-0.05, 0) is 19.3 Å². The zero-order valence-corrected chi connectivity index (χ0v) is 5.67. The number of fused-ring (bicyclic) bond motifs is 1. The van der Waals surface area contributed by atoms with Crippen LogP contribution in [0, 0.1) is 11.8 Å². The minimum atomic E-state index is 0.00690. The molecule has 2 fully saturated rings. The summed E-state index contributed by atoms with van der Waals surface area (Å²) in [4.78, 5) is 0. The predicted molar refractivity (Wildman–Crippen MR) is 35.1 cm³/mol. The van der Waals surface area contributed by atoms with Crippen LogP contribution in [-0.2, 0) is 0 Å². The fourth-order valence-electron chi connectivity index (χ4n) is 2.05. The molecule has 0 bridgehead atoms. The van der Waals surface area contributed by atoms with Gasteiger partial charge in [-0.3, -0.25) is 0 Å². The number of rotatable bonds is 0. The normalized spacial score (nSPS) is 56.7. The Hall–Kier alpha value is -0.0800. The molecule has 0 aromatic rings. The van der Waals surface area contributed by atoms with Crippen LogP contribution in [0.25, 0.3) is 0 Å². The molecule has 1 heterocycles. The van der Waals surface area contributed by atoms with Crippen molar-refractivity contribution in [2.45, 2.75) is 25.5 Å². The molecular formula is C7H13NO. The standard InChI is InChI=1S/C7H13NO/c1-4-5-2-7(9)6(5)3-8-4/h4-9H,2-3H2,1H3. The molecule has 2 nitrogen and oxygen atoms in total. The second-order valence-electron chi connectivity index (χ2n) is 3.33. The minimum Gasteiger partial charge on any atom is -0.393 e. The van der Waals surface area contributed by atoms with E-state index in [-0.39, 0.29) is 6.10 Å². The molecule has 0 radical (unpaired) electrons. The van der Waals surface area contributed by atoms with Crippen molar-refractivity contribution in [3.63, 3.8) is 0 Å². The molecule has 4 unspecified atom stereocenters. The Morgan fingerprint density at radius 2 is 2.22 bits per heavy atom. The second-order valence-corrected chi connectivity index (χ2v) is 3.33. The summed E-state index contributed by atoms with van der Waals surface area (Å²) >= 11 is 0. The van der Waals surface area contributed by atoms with Crippen molar-refractivity contribution in [3.8, 4) is 0 Å². The van der Waals surface area contributed by atoms with Gasteiger partial charge in [0.25, 0.3) is 0 Å². The van der Waals surface area contributed by atoms with E-state index in [0.717, 1.165) is 18.9 Å². The summed E-state index contributed by atoms with van der Waals surface area (Å²) in [6.07, 6.45) is 1.03. The van der Waals surface area contributed by atoms with Crippen molar-refractivity contribution in [2.24, 2.45) is 11.8 Å². The second kappa shape index (κ2) is 1.70. The third kappa shape index (κ3) is 0.634. The average molecular weight is 127 g/mol. The van der Waals surface area contributed by atoms with Crippen molar-refractivity contribution in [3.05, 3.63) is 0 Å². The van der Waals surface area contributed by atoms with Gasteiger partial charge < -0.3 is 10.4 Å². The third-order valence-corrected chi connectivity index (χ3v) is 2.88. The number of aliphatic hydroxyl groups excluding tert-OH is 1. The first-order valence-electron chi connectivity index (χ1n) is 3.70. The van der Waals surface area contributed by atoms with E-state index in [2.05, 4.69) is 12.2 Å². The molecule has 52 valence electrons. The van der Waals surface area contributed by atoms with E-state index in [1.54, 1.807) is 0 Å². The van der Waals surface area contributed by atoms with Crippen LogP contribution in [0.15, 0.2) is 0 Å². The van der Waals surface area contributed by atoms with Crippen LogP contribution in [0.5, 0.6) is 0 Å². The van der Waals surface area contributed by atoms with Crippen molar-refractivity contribution in [1.82, 2.24) is 5.32 Å². The fraction of sp³-hybridized carbons (Fsp3) is 1.00. The molecule has 0 aromatic heterocycles. The fourth-order valence-corrected chi connectivity index (χ4v) is 2.05. The Morgan fingerprint density at radius 1 is 1.44 bits per heavy atom. The van der Waals surface area contributed by atoms with Crippen molar-refractivity contribution in [1.29, 1.82) is 0 Å². The van der Waals surface area contributed by atoms with E-state index >= 15 is 0 Å². The van der Waals surface area contributed by atoms with Crippen LogP contribution in [0.1, 0.15) is 13.3 Å². The van der Waals surface area contributed by atoms with Crippen molar-refractivity contribution < 1.29 is 5.11 Å². The molecule has 9 heavy (non-hydrogen) atoms. The highest BCUT2D eigenvalue weighted by Crippen LogP contribution is 2.40. The number of hydrogen-bond donors (Lipinski definition) is 2. The lowest BCUT2D eigenvalue weighted by molar-refractivity contribution is -0.0123. The van der Waals surface area contributed by atoms with Gasteiger partial charge in [-0.15, -0.1) is 0 Å². The summed E-state index contributed by atoms with van der Waals surface area (Å²) in [5, 5.41) is 12.5. The molecule has 1 aliphatic carbocycles. The summed E-state index contributed by atoms with van der Waals surface area (Å²) in [5.41, 5.74) is 0. The molecule has 0 spiro atoms. The monoisotopic (exact) mass is 127 g/mol. The largest absolute Gasteiger partial charge is 0.393 e. The number of nitrogens with one attached hydrogen (secondary N) is 1. The van der Waals surface area contributed by atoms with E-state index in [0.29, 0.717) is 12.0 Å². The molecule has 2 aliphatic rings. The first kappa shape index (κ1) is 5.69. The molecule has 1 saturated carbocycles. The Labute approximate surface area is 55.3 Å². The zero-order valence-electron chi connectivity index (χ0n) is 5.67. The van der Waals surface area contributed by atoms with Gasteiger partial charge in [-0.1, -0.05) is 0 Å². The van der Waals surface area contributed by atoms with Gasteiger partial charge in [0, 0.05) is 18.5 Å². The molecule has 2 heteroatoms. The Balaban J connectivity index is 2.03. The number of aliphatic hydroxyl groups is 1. The van der Waals surface area contributed by atoms with Crippen LogP contribution < -0.4 is 5.32 Å². The minimum absolute atomic E-state index is 0.00690. The summed E-state index contributed by atoms with van der Waals surface area (Å²) < 4.78 is 0. The maximum atomic E-state index is 9.20. The van der Waals surface area contributed by atoms with Gasteiger partial charge in [0.15, 0.2) is 0 Å². The number of hydrogen-bond acceptors (Lipinski definition) is 2. The van der Waals surface area contributed by atoms with E-state index in [1.807, 2.05) is 0 Å². The van der Waals surface area contributed by atoms with Gasteiger partial charge in [0.1, 0.15) is 0 Å². The van der Waals surface area contributed by atoms with E-state index < -0.39 is 0 Å². The Bertz CT molecular complexity index is 124. The van der Waals surface area contributed by atoms with Gasteiger partial charge in [-0.25, -0.2) is 0 Å². The Morgan fingerprint density at radius 3 is 2.67 bits per heavy atom. The maximum Gasteiger partial charge on any atom is 0.0587 e. The first-order chi connectivity index (χ1) is 4.29. The first-order valence-corrected chi connectivity index (χ1v) is 3.70. The zero-order chi connectivity index (χ0) is 6.43. The van der Waals surface area contributed by atoms with Crippen molar-refractivity contribution in [2.75, 3.05) is 6.54 Å². The predicted octanol–water partition coefficient (Wildman–Crippen LogP) is -0.0249. The molecule has 0 aromatic carbocycles. The molecule has 1 aliphatic heterocycles. The summed E-state index contributed by atoms with van der Waals surface area (Å²) in [6.45, 7) is 3.24. The summed E-state index contributed by atoms with van der Waals surface area (Å²) in [7, 11) is 0. The quantitative estimate of drug-likeness (QED) is 0.479. The topological polar surface area (TPSA) is 32.3 Å². The summed E-state index contributed by atoms with van der Waals surface area (Å²) in [5.74, 6) is 1.36.